The highest BCUT2D eigenvalue weighted by Crippen LogP contribution is 2.57. The lowest BCUT2D eigenvalue weighted by molar-refractivity contribution is -0.194. The number of halogens is 3. The molecule has 0 spiro atoms. The van der Waals surface area contributed by atoms with Crippen molar-refractivity contribution in [3.8, 4) is 23.0 Å². The van der Waals surface area contributed by atoms with Crippen LogP contribution in [0.2, 0.25) is 0 Å². The molecular weight excluding hydrogens is 507 g/mol. The molecule has 2 atom stereocenters. The summed E-state index contributed by atoms with van der Waals surface area (Å²) < 4.78 is 46.6. The van der Waals surface area contributed by atoms with Crippen LogP contribution in [0.25, 0.3) is 32.9 Å². The third-order valence-electron chi connectivity index (χ3n) is 8.49. The number of aromatic nitrogens is 3. The molecule has 1 saturated carbocycles. The molecule has 0 radical (unpaired) electrons. The van der Waals surface area contributed by atoms with Gasteiger partial charge < -0.3 is 20.1 Å². The number of phenolic OH excluding ortho intramolecular Hbond substituents is 1. The molecule has 2 bridgehead atoms. The fourth-order valence-electron chi connectivity index (χ4n) is 6.08. The molecule has 202 valence electrons. The minimum absolute atomic E-state index is 0.0514. The highest BCUT2D eigenvalue weighted by molar-refractivity contribution is 6.01. The molecule has 4 aromatic rings. The molecule has 2 aromatic heterocycles. The minimum atomic E-state index is -4.33. The van der Waals surface area contributed by atoms with E-state index >= 15 is 0 Å². The first kappa shape index (κ1) is 24.4. The van der Waals surface area contributed by atoms with Gasteiger partial charge in [0.15, 0.2) is 0 Å². The molecule has 3 aliphatic rings. The summed E-state index contributed by atoms with van der Waals surface area (Å²) in [6.45, 7) is 2.88. The molecule has 3 fully saturated rings. The number of ether oxygens (including phenoxy) is 1. The Morgan fingerprint density at radius 2 is 1.82 bits per heavy atom. The highest BCUT2D eigenvalue weighted by Gasteiger charge is 2.64. The summed E-state index contributed by atoms with van der Waals surface area (Å²) in [5, 5.41) is 16.6. The largest absolute Gasteiger partial charge is 0.508 e. The van der Waals surface area contributed by atoms with E-state index in [0.717, 1.165) is 53.2 Å². The van der Waals surface area contributed by atoms with E-state index in [-0.39, 0.29) is 24.6 Å². The van der Waals surface area contributed by atoms with E-state index in [1.807, 2.05) is 31.2 Å². The van der Waals surface area contributed by atoms with Crippen molar-refractivity contribution in [2.24, 2.45) is 5.41 Å². The maximum atomic E-state index is 13.6. The molecule has 1 aliphatic carbocycles. The van der Waals surface area contributed by atoms with Gasteiger partial charge in [-0.2, -0.15) is 23.1 Å². The number of fused-ring (bicyclic) bond motifs is 4. The number of anilines is 1. The average Bonchev–Trinajstić information content (AvgIpc) is 3.65. The van der Waals surface area contributed by atoms with Crippen LogP contribution in [0.15, 0.2) is 42.6 Å². The van der Waals surface area contributed by atoms with E-state index < -0.39 is 18.2 Å². The van der Waals surface area contributed by atoms with E-state index in [2.05, 4.69) is 20.2 Å². The van der Waals surface area contributed by atoms with Crippen LogP contribution in [0.1, 0.15) is 31.2 Å². The number of hydrogen-bond donors (Lipinski definition) is 2. The molecule has 7 nitrogen and oxygen atoms in total. The number of alkyl halides is 3. The van der Waals surface area contributed by atoms with E-state index in [9.17, 15) is 18.3 Å². The zero-order valence-corrected chi connectivity index (χ0v) is 21.4. The lowest BCUT2D eigenvalue weighted by Gasteiger charge is -2.34. The van der Waals surface area contributed by atoms with Crippen LogP contribution in [-0.4, -0.2) is 58.0 Å². The normalized spacial score (nSPS) is 22.0. The maximum absolute atomic E-state index is 13.6. The Morgan fingerprint density at radius 1 is 1.08 bits per heavy atom. The Bertz CT molecular complexity index is 1590. The summed E-state index contributed by atoms with van der Waals surface area (Å²) in [5.41, 5.74) is 0.891. The number of pyridine rings is 1. The molecule has 2 saturated heterocycles. The van der Waals surface area contributed by atoms with Crippen molar-refractivity contribution >= 4 is 27.5 Å². The number of rotatable bonds is 5. The number of benzene rings is 2. The highest BCUT2D eigenvalue weighted by atomic mass is 19.4. The molecule has 10 heteroatoms. The van der Waals surface area contributed by atoms with Crippen molar-refractivity contribution in [3.05, 3.63) is 48.2 Å². The second-order valence-corrected chi connectivity index (χ2v) is 11.1. The van der Waals surface area contributed by atoms with Crippen LogP contribution in [0.3, 0.4) is 0 Å². The van der Waals surface area contributed by atoms with Gasteiger partial charge in [0.05, 0.1) is 16.6 Å². The minimum Gasteiger partial charge on any atom is -0.508 e. The molecule has 4 heterocycles. The van der Waals surface area contributed by atoms with Crippen molar-refractivity contribution < 1.29 is 23.0 Å². The van der Waals surface area contributed by atoms with Crippen LogP contribution >= 0.6 is 0 Å². The fraction of sp³-hybridized carbons (Fsp3) is 0.414. The summed E-state index contributed by atoms with van der Waals surface area (Å²) in [6, 6.07) is 11.7. The van der Waals surface area contributed by atoms with Crippen LogP contribution in [-0.2, 0) is 0 Å². The number of nitrogens with zero attached hydrogens (tertiary/aromatic N) is 4. The number of phenols is 1. The van der Waals surface area contributed by atoms with Crippen molar-refractivity contribution in [2.45, 2.75) is 50.9 Å². The predicted molar refractivity (Wildman–Crippen MR) is 142 cm³/mol. The Balaban J connectivity index is 1.36. The van der Waals surface area contributed by atoms with Gasteiger partial charge in [-0.05, 0) is 55.5 Å². The van der Waals surface area contributed by atoms with Crippen molar-refractivity contribution in [2.75, 3.05) is 24.6 Å². The number of aromatic hydroxyl groups is 1. The van der Waals surface area contributed by atoms with Crippen LogP contribution in [0.4, 0.5) is 19.0 Å². The topological polar surface area (TPSA) is 83.4 Å². The molecule has 0 amide bonds. The number of nitrogens with one attached hydrogen (secondary N) is 1. The summed E-state index contributed by atoms with van der Waals surface area (Å²) in [4.78, 5) is 16.3. The molecular formula is C29H28F3N5O2. The fourth-order valence-corrected chi connectivity index (χ4v) is 6.08. The molecule has 2 aromatic carbocycles. The smallest absolute Gasteiger partial charge is 0.397 e. The first-order chi connectivity index (χ1) is 18.7. The van der Waals surface area contributed by atoms with Crippen molar-refractivity contribution in [1.29, 1.82) is 0 Å². The van der Waals surface area contributed by atoms with Crippen LogP contribution in [0.5, 0.6) is 11.8 Å². The zero-order valence-electron chi connectivity index (χ0n) is 21.4. The van der Waals surface area contributed by atoms with E-state index in [0.29, 0.717) is 29.1 Å². The lowest BCUT2D eigenvalue weighted by atomic mass is 9.97. The third kappa shape index (κ3) is 4.12. The number of hydrogen-bond acceptors (Lipinski definition) is 7. The van der Waals surface area contributed by atoms with Crippen LogP contribution in [0, 0.1) is 12.3 Å². The molecule has 39 heavy (non-hydrogen) atoms. The second-order valence-electron chi connectivity index (χ2n) is 11.1. The molecule has 2 unspecified atom stereocenters. The standard InChI is InChI=1S/C29H28F3N5O2/c1-16-24(22-11-20(38)10-17-4-2-3-5-21(17)22)33-12-23-25(16)35-27(39-15-28(8-9-28)29(30,31)32)36-26(23)37-13-18-6-7-19(14-37)34-18/h2-5,10-12,18-19,34,38H,6-9,13-15H2,1H3. The van der Waals surface area contributed by atoms with E-state index in [1.54, 1.807) is 18.3 Å². The SMILES string of the molecule is Cc1c(-c2cc(O)cc3ccccc23)ncc2c(N3CC4CCC(C3)N4)nc(OCC3(C(F)(F)F)CC3)nc12. The van der Waals surface area contributed by atoms with Gasteiger partial charge in [-0.1, -0.05) is 24.3 Å². The Labute approximate surface area is 223 Å². The van der Waals surface area contributed by atoms with E-state index in [4.69, 9.17) is 9.72 Å². The number of aryl methyl sites for hydroxylation is 1. The lowest BCUT2D eigenvalue weighted by Crippen LogP contribution is -2.51. The van der Waals surface area contributed by atoms with Crippen molar-refractivity contribution in [3.63, 3.8) is 0 Å². The quantitative estimate of drug-likeness (QED) is 0.348. The number of piperazine rings is 1. The second kappa shape index (κ2) is 8.67. The first-order valence-electron chi connectivity index (χ1n) is 13.3. The Kier molecular flexibility index (Phi) is 5.42. The van der Waals surface area contributed by atoms with Gasteiger partial charge in [-0.3, -0.25) is 4.98 Å². The first-order valence-corrected chi connectivity index (χ1v) is 13.3. The maximum Gasteiger partial charge on any atom is 0.397 e. The van der Waals surface area contributed by atoms with Gasteiger partial charge in [0.2, 0.25) is 0 Å². The van der Waals surface area contributed by atoms with Crippen LogP contribution < -0.4 is 15.0 Å². The average molecular weight is 536 g/mol. The molecule has 2 N–H and O–H groups in total. The Morgan fingerprint density at radius 3 is 2.54 bits per heavy atom. The summed E-state index contributed by atoms with van der Waals surface area (Å²) in [7, 11) is 0. The molecule has 2 aliphatic heterocycles. The van der Waals surface area contributed by atoms with Gasteiger partial charge in [0.1, 0.15) is 23.6 Å². The summed E-state index contributed by atoms with van der Waals surface area (Å²) >= 11 is 0. The van der Waals surface area contributed by atoms with Gasteiger partial charge in [-0.25, -0.2) is 0 Å². The summed E-state index contributed by atoms with van der Waals surface area (Å²) in [6.07, 6.45) is -0.335. The van der Waals surface area contributed by atoms with E-state index in [1.165, 1.54) is 0 Å². The van der Waals surface area contributed by atoms with Crippen molar-refractivity contribution in [1.82, 2.24) is 20.3 Å². The summed E-state index contributed by atoms with van der Waals surface area (Å²) in [5.74, 6) is 0.753. The van der Waals surface area contributed by atoms with Gasteiger partial charge in [-0.15, -0.1) is 0 Å². The zero-order chi connectivity index (χ0) is 26.9. The molecule has 7 rings (SSSR count). The monoisotopic (exact) mass is 535 g/mol. The Hall–Kier alpha value is -3.66. The van der Waals surface area contributed by atoms with Gasteiger partial charge >= 0.3 is 12.2 Å². The van der Waals surface area contributed by atoms with Gasteiger partial charge in [0.25, 0.3) is 0 Å². The van der Waals surface area contributed by atoms with Gasteiger partial charge in [0, 0.05) is 42.5 Å². The third-order valence-corrected chi connectivity index (χ3v) is 8.49. The predicted octanol–water partition coefficient (Wildman–Crippen LogP) is 5.52.